The summed E-state index contributed by atoms with van der Waals surface area (Å²) in [5.41, 5.74) is 5.99. The van der Waals surface area contributed by atoms with Crippen molar-refractivity contribution in [3.05, 3.63) is 40.9 Å². The van der Waals surface area contributed by atoms with E-state index >= 15 is 0 Å². The van der Waals surface area contributed by atoms with Crippen LogP contribution in [0.5, 0.6) is 0 Å². The number of aromatic nitrogens is 1. The van der Waals surface area contributed by atoms with Crippen LogP contribution in [-0.2, 0) is 0 Å². The number of benzene rings is 1. The summed E-state index contributed by atoms with van der Waals surface area (Å²) in [6.45, 7) is 0. The highest BCUT2D eigenvalue weighted by Gasteiger charge is 2.17. The Morgan fingerprint density at radius 1 is 1.38 bits per heavy atom. The van der Waals surface area contributed by atoms with Crippen LogP contribution in [0.4, 0.5) is 15.6 Å². The van der Waals surface area contributed by atoms with Gasteiger partial charge in [0.2, 0.25) is 0 Å². The van der Waals surface area contributed by atoms with Gasteiger partial charge in [-0.3, -0.25) is 0 Å². The van der Waals surface area contributed by atoms with E-state index in [0.717, 1.165) is 0 Å². The number of nitrogens with zero attached hydrogens (tertiary/aromatic N) is 2. The van der Waals surface area contributed by atoms with E-state index < -0.39 is 6.03 Å². The molecule has 0 saturated heterocycles. The van der Waals surface area contributed by atoms with Crippen LogP contribution in [0.1, 0.15) is 0 Å². The monoisotopic (exact) mass is 253 g/mol. The van der Waals surface area contributed by atoms with E-state index in [1.165, 1.54) is 22.4 Å². The highest BCUT2D eigenvalue weighted by atomic mass is 35.5. The number of hydrogen-bond acceptors (Lipinski definition) is 3. The average molecular weight is 254 g/mol. The molecule has 82 valence electrons. The first kappa shape index (κ1) is 10.9. The summed E-state index contributed by atoms with van der Waals surface area (Å²) >= 11 is 6.97. The summed E-state index contributed by atoms with van der Waals surface area (Å²) in [5.74, 6) is 0. The Bertz CT molecular complexity index is 500. The lowest BCUT2D eigenvalue weighted by atomic mass is 10.3. The average Bonchev–Trinajstić information content (AvgIpc) is 2.66. The van der Waals surface area contributed by atoms with Crippen molar-refractivity contribution in [3.63, 3.8) is 0 Å². The fourth-order valence-electron chi connectivity index (χ4n) is 1.26. The van der Waals surface area contributed by atoms with E-state index in [1.807, 2.05) is 18.2 Å². The molecule has 1 heterocycles. The second-order valence-corrected chi connectivity index (χ2v) is 4.60. The van der Waals surface area contributed by atoms with E-state index in [-0.39, 0.29) is 0 Å². The molecular formula is C10H8ClN3OS. The first-order valence-electron chi connectivity index (χ1n) is 4.44. The molecule has 2 amide bonds. The van der Waals surface area contributed by atoms with Crippen molar-refractivity contribution in [1.29, 1.82) is 0 Å². The Kier molecular flexibility index (Phi) is 3.07. The third-order valence-electron chi connectivity index (χ3n) is 1.89. The number of para-hydroxylation sites is 1. The Morgan fingerprint density at radius 2 is 2.06 bits per heavy atom. The number of anilines is 2. The molecule has 0 aliphatic rings. The highest BCUT2D eigenvalue weighted by molar-refractivity contribution is 7.19. The zero-order valence-electron chi connectivity index (χ0n) is 8.13. The Hall–Kier alpha value is -1.59. The summed E-state index contributed by atoms with van der Waals surface area (Å²) in [6.07, 6.45) is 1.49. The van der Waals surface area contributed by atoms with Gasteiger partial charge in [0, 0.05) is 0 Å². The molecule has 0 unspecified atom stereocenters. The molecular weight excluding hydrogens is 246 g/mol. The third-order valence-corrected chi connectivity index (χ3v) is 2.99. The summed E-state index contributed by atoms with van der Waals surface area (Å²) in [6, 6.07) is 8.47. The van der Waals surface area contributed by atoms with Gasteiger partial charge in [0.05, 0.1) is 11.9 Å². The van der Waals surface area contributed by atoms with Crippen molar-refractivity contribution in [2.24, 2.45) is 5.73 Å². The van der Waals surface area contributed by atoms with Crippen molar-refractivity contribution >= 4 is 39.8 Å². The molecule has 0 radical (unpaired) electrons. The zero-order valence-corrected chi connectivity index (χ0v) is 9.70. The molecule has 0 fully saturated rings. The zero-order chi connectivity index (χ0) is 11.5. The SMILES string of the molecule is NC(=O)N(c1ccccc1)c1ncc(Cl)s1. The normalized spacial score (nSPS) is 10.1. The molecule has 4 nitrogen and oxygen atoms in total. The van der Waals surface area contributed by atoms with Crippen LogP contribution >= 0.6 is 22.9 Å². The first-order valence-corrected chi connectivity index (χ1v) is 5.64. The number of thiazole rings is 1. The van der Waals surface area contributed by atoms with Crippen LogP contribution in [-0.4, -0.2) is 11.0 Å². The predicted octanol–water partition coefficient (Wildman–Crippen LogP) is 3.01. The maximum Gasteiger partial charge on any atom is 0.325 e. The van der Waals surface area contributed by atoms with Gasteiger partial charge in [-0.2, -0.15) is 0 Å². The number of primary amides is 1. The molecule has 2 N–H and O–H groups in total. The number of halogens is 1. The number of carbonyl (C=O) groups is 1. The van der Waals surface area contributed by atoms with Gasteiger partial charge in [-0.25, -0.2) is 14.7 Å². The van der Waals surface area contributed by atoms with Gasteiger partial charge in [-0.15, -0.1) is 0 Å². The smallest absolute Gasteiger partial charge is 0.325 e. The minimum absolute atomic E-state index is 0.462. The summed E-state index contributed by atoms with van der Waals surface area (Å²) in [5, 5.41) is 0.462. The molecule has 0 atom stereocenters. The predicted molar refractivity (Wildman–Crippen MR) is 65.3 cm³/mol. The van der Waals surface area contributed by atoms with Gasteiger partial charge in [0.1, 0.15) is 4.34 Å². The molecule has 2 aromatic rings. The van der Waals surface area contributed by atoms with Crippen LogP contribution in [0.2, 0.25) is 4.34 Å². The van der Waals surface area contributed by atoms with Crippen LogP contribution in [0.25, 0.3) is 0 Å². The van der Waals surface area contributed by atoms with Crippen LogP contribution < -0.4 is 10.6 Å². The Balaban J connectivity index is 2.43. The van der Waals surface area contributed by atoms with Crippen molar-refractivity contribution in [2.75, 3.05) is 4.90 Å². The summed E-state index contributed by atoms with van der Waals surface area (Å²) < 4.78 is 0.511. The van der Waals surface area contributed by atoms with E-state index in [4.69, 9.17) is 17.3 Å². The molecule has 1 aromatic heterocycles. The third kappa shape index (κ3) is 2.15. The molecule has 0 saturated carbocycles. The molecule has 6 heteroatoms. The van der Waals surface area contributed by atoms with E-state index in [1.54, 1.807) is 12.1 Å². The lowest BCUT2D eigenvalue weighted by Crippen LogP contribution is -2.31. The van der Waals surface area contributed by atoms with Gasteiger partial charge in [-0.1, -0.05) is 41.1 Å². The minimum atomic E-state index is -0.586. The maximum atomic E-state index is 11.4. The van der Waals surface area contributed by atoms with E-state index in [0.29, 0.717) is 15.2 Å². The number of amides is 2. The Labute approximate surface area is 101 Å². The van der Waals surface area contributed by atoms with Crippen LogP contribution in [0, 0.1) is 0 Å². The molecule has 0 spiro atoms. The number of rotatable bonds is 2. The fourth-order valence-corrected chi connectivity index (χ4v) is 2.19. The molecule has 0 bridgehead atoms. The van der Waals surface area contributed by atoms with Crippen molar-refractivity contribution < 1.29 is 4.79 Å². The van der Waals surface area contributed by atoms with Gasteiger partial charge < -0.3 is 5.73 Å². The highest BCUT2D eigenvalue weighted by Crippen LogP contribution is 2.31. The van der Waals surface area contributed by atoms with Crippen molar-refractivity contribution in [2.45, 2.75) is 0 Å². The second kappa shape index (κ2) is 4.51. The lowest BCUT2D eigenvalue weighted by molar-refractivity contribution is 0.256. The molecule has 0 aliphatic heterocycles. The van der Waals surface area contributed by atoms with E-state index in [9.17, 15) is 4.79 Å². The van der Waals surface area contributed by atoms with Crippen molar-refractivity contribution in [3.8, 4) is 0 Å². The van der Waals surface area contributed by atoms with Crippen LogP contribution in [0.3, 0.4) is 0 Å². The van der Waals surface area contributed by atoms with Gasteiger partial charge in [0.25, 0.3) is 0 Å². The second-order valence-electron chi connectivity index (χ2n) is 2.96. The number of nitrogens with two attached hydrogens (primary N) is 1. The number of urea groups is 1. The molecule has 2 rings (SSSR count). The fraction of sp³-hybridized carbons (Fsp3) is 0. The maximum absolute atomic E-state index is 11.4. The van der Waals surface area contributed by atoms with E-state index in [2.05, 4.69) is 4.98 Å². The lowest BCUT2D eigenvalue weighted by Gasteiger charge is -2.16. The Morgan fingerprint density at radius 3 is 2.56 bits per heavy atom. The quantitative estimate of drug-likeness (QED) is 0.894. The summed E-state index contributed by atoms with van der Waals surface area (Å²) in [7, 11) is 0. The van der Waals surface area contributed by atoms with Gasteiger partial charge >= 0.3 is 6.03 Å². The number of carbonyl (C=O) groups excluding carboxylic acids is 1. The molecule has 16 heavy (non-hydrogen) atoms. The van der Waals surface area contributed by atoms with Crippen molar-refractivity contribution in [1.82, 2.24) is 4.98 Å². The standard InChI is InChI=1S/C10H8ClN3OS/c11-8-6-13-10(16-8)14(9(12)15)7-4-2-1-3-5-7/h1-6H,(H2,12,15). The summed E-state index contributed by atoms with van der Waals surface area (Å²) in [4.78, 5) is 16.7. The largest absolute Gasteiger partial charge is 0.351 e. The topological polar surface area (TPSA) is 59.2 Å². The molecule has 1 aromatic carbocycles. The van der Waals surface area contributed by atoms with Gasteiger partial charge in [0.15, 0.2) is 5.13 Å². The first-order chi connectivity index (χ1) is 7.68. The van der Waals surface area contributed by atoms with Gasteiger partial charge in [-0.05, 0) is 12.1 Å². The van der Waals surface area contributed by atoms with Crippen LogP contribution in [0.15, 0.2) is 36.5 Å². The number of hydrogen-bond donors (Lipinski definition) is 1. The molecule has 0 aliphatic carbocycles. The minimum Gasteiger partial charge on any atom is -0.351 e.